The number of rotatable bonds is 10. The van der Waals surface area contributed by atoms with Crippen LogP contribution in [0.5, 0.6) is 5.75 Å². The van der Waals surface area contributed by atoms with Gasteiger partial charge in [0.05, 0.1) is 18.6 Å². The fourth-order valence-corrected chi connectivity index (χ4v) is 6.94. The lowest BCUT2D eigenvalue weighted by molar-refractivity contribution is -0.138. The number of methoxy groups -OCH3 is 1. The molecule has 1 aliphatic carbocycles. The Balaban J connectivity index is 1.46. The molecule has 0 unspecified atom stereocenters. The van der Waals surface area contributed by atoms with E-state index in [0.29, 0.717) is 22.9 Å². The normalized spacial score (nSPS) is 22.1. The SMILES string of the molecule is COc1cc(C)c(S(=O)(=O)N(C)CCOCC(=O)N(C)[C@@H]2CCC[C@@H](N3CCN(C)CC3)C2)c(C)c1. The van der Waals surface area contributed by atoms with Crippen LogP contribution in [0.15, 0.2) is 17.0 Å². The number of sulfonamides is 1. The summed E-state index contributed by atoms with van der Waals surface area (Å²) >= 11 is 0. The van der Waals surface area contributed by atoms with E-state index >= 15 is 0 Å². The second-order valence-corrected chi connectivity index (χ2v) is 12.3. The summed E-state index contributed by atoms with van der Waals surface area (Å²) in [5, 5.41) is 0. The van der Waals surface area contributed by atoms with Crippen LogP contribution in [-0.2, 0) is 19.6 Å². The monoisotopic (exact) mass is 524 g/mol. The molecule has 2 aliphatic rings. The number of hydrogen-bond acceptors (Lipinski definition) is 7. The molecule has 1 aliphatic heterocycles. The maximum absolute atomic E-state index is 13.1. The summed E-state index contributed by atoms with van der Waals surface area (Å²) in [6, 6.07) is 4.21. The predicted octanol–water partition coefficient (Wildman–Crippen LogP) is 1.97. The van der Waals surface area contributed by atoms with Crippen LogP contribution >= 0.6 is 0 Å². The van der Waals surface area contributed by atoms with Gasteiger partial charge in [-0.2, -0.15) is 4.31 Å². The van der Waals surface area contributed by atoms with Crippen molar-refractivity contribution in [2.24, 2.45) is 0 Å². The van der Waals surface area contributed by atoms with Gasteiger partial charge in [0.25, 0.3) is 0 Å². The van der Waals surface area contributed by atoms with Gasteiger partial charge < -0.3 is 19.3 Å². The van der Waals surface area contributed by atoms with Crippen molar-refractivity contribution < 1.29 is 22.7 Å². The van der Waals surface area contributed by atoms with Crippen LogP contribution in [0.25, 0.3) is 0 Å². The third kappa shape index (κ3) is 6.98. The van der Waals surface area contributed by atoms with E-state index in [1.54, 1.807) is 33.1 Å². The van der Waals surface area contributed by atoms with E-state index in [9.17, 15) is 13.2 Å². The zero-order chi connectivity index (χ0) is 26.5. The molecule has 0 bridgehead atoms. The van der Waals surface area contributed by atoms with E-state index in [4.69, 9.17) is 9.47 Å². The number of carbonyl (C=O) groups excluding carboxylic acids is 1. The fraction of sp³-hybridized carbons (Fsp3) is 0.731. The lowest BCUT2D eigenvalue weighted by atomic mass is 9.88. The van der Waals surface area contributed by atoms with E-state index in [1.807, 2.05) is 11.9 Å². The van der Waals surface area contributed by atoms with Gasteiger partial charge in [-0.15, -0.1) is 0 Å². The molecule has 1 heterocycles. The molecular weight excluding hydrogens is 480 g/mol. The molecule has 1 amide bonds. The highest BCUT2D eigenvalue weighted by Gasteiger charge is 2.32. The highest BCUT2D eigenvalue weighted by Crippen LogP contribution is 2.28. The molecule has 10 heteroatoms. The molecular formula is C26H44N4O5S. The number of amides is 1. The van der Waals surface area contributed by atoms with Gasteiger partial charge >= 0.3 is 0 Å². The van der Waals surface area contributed by atoms with Crippen LogP contribution in [-0.4, -0.2) is 120 Å². The Bertz CT molecular complexity index is 971. The summed E-state index contributed by atoms with van der Waals surface area (Å²) in [4.78, 5) is 19.9. The van der Waals surface area contributed by atoms with E-state index in [2.05, 4.69) is 16.8 Å². The molecule has 204 valence electrons. The average molecular weight is 525 g/mol. The lowest BCUT2D eigenvalue weighted by Gasteiger charge is -2.43. The Morgan fingerprint density at radius 1 is 1.08 bits per heavy atom. The summed E-state index contributed by atoms with van der Waals surface area (Å²) < 4.78 is 38.4. The average Bonchev–Trinajstić information content (AvgIpc) is 2.85. The first-order valence-corrected chi connectivity index (χ1v) is 14.4. The Morgan fingerprint density at radius 2 is 1.72 bits per heavy atom. The quantitative estimate of drug-likeness (QED) is 0.433. The second kappa shape index (κ2) is 12.7. The Hall–Kier alpha value is -1.72. The second-order valence-electron chi connectivity index (χ2n) is 10.3. The molecule has 2 fully saturated rings. The number of aryl methyl sites for hydroxylation is 2. The molecule has 0 N–H and O–H groups in total. The molecule has 1 saturated carbocycles. The van der Waals surface area contributed by atoms with Crippen molar-refractivity contribution in [2.75, 3.05) is 74.2 Å². The van der Waals surface area contributed by atoms with Crippen molar-refractivity contribution in [3.63, 3.8) is 0 Å². The minimum absolute atomic E-state index is 0.0410. The Kier molecular flexibility index (Phi) is 10.2. The van der Waals surface area contributed by atoms with Gasteiger partial charge in [-0.05, 0) is 69.8 Å². The van der Waals surface area contributed by atoms with Crippen LogP contribution in [0.1, 0.15) is 36.8 Å². The van der Waals surface area contributed by atoms with Crippen molar-refractivity contribution in [1.29, 1.82) is 0 Å². The number of ether oxygens (including phenoxy) is 2. The van der Waals surface area contributed by atoms with Gasteiger partial charge in [0.15, 0.2) is 0 Å². The molecule has 0 radical (unpaired) electrons. The van der Waals surface area contributed by atoms with Gasteiger partial charge in [0.2, 0.25) is 15.9 Å². The number of hydrogen-bond donors (Lipinski definition) is 0. The highest BCUT2D eigenvalue weighted by molar-refractivity contribution is 7.89. The smallest absolute Gasteiger partial charge is 0.248 e. The predicted molar refractivity (Wildman–Crippen MR) is 141 cm³/mol. The first-order valence-electron chi connectivity index (χ1n) is 12.9. The Morgan fingerprint density at radius 3 is 2.33 bits per heavy atom. The maximum Gasteiger partial charge on any atom is 0.248 e. The van der Waals surface area contributed by atoms with Crippen LogP contribution in [0.3, 0.4) is 0 Å². The number of carbonyl (C=O) groups is 1. The third-order valence-electron chi connectivity index (χ3n) is 7.73. The molecule has 1 aromatic rings. The summed E-state index contributed by atoms with van der Waals surface area (Å²) in [5.41, 5.74) is 1.28. The lowest BCUT2D eigenvalue weighted by Crippen LogP contribution is -2.52. The molecule has 1 aromatic carbocycles. The fourth-order valence-electron chi connectivity index (χ4n) is 5.38. The zero-order valence-corrected chi connectivity index (χ0v) is 23.6. The van der Waals surface area contributed by atoms with Gasteiger partial charge in [-0.25, -0.2) is 8.42 Å². The maximum atomic E-state index is 13.1. The van der Waals surface area contributed by atoms with E-state index < -0.39 is 10.0 Å². The summed E-state index contributed by atoms with van der Waals surface area (Å²) in [6.45, 7) is 8.21. The summed E-state index contributed by atoms with van der Waals surface area (Å²) in [5.74, 6) is 0.580. The molecule has 0 aromatic heterocycles. The van der Waals surface area contributed by atoms with Crippen molar-refractivity contribution in [3.8, 4) is 5.75 Å². The van der Waals surface area contributed by atoms with E-state index in [-0.39, 0.29) is 36.6 Å². The van der Waals surface area contributed by atoms with Crippen molar-refractivity contribution in [1.82, 2.24) is 19.0 Å². The highest BCUT2D eigenvalue weighted by atomic mass is 32.2. The molecule has 2 atom stereocenters. The number of likely N-dealkylation sites (N-methyl/N-ethyl adjacent to an activating group) is 3. The molecule has 0 spiro atoms. The topological polar surface area (TPSA) is 82.6 Å². The third-order valence-corrected chi connectivity index (χ3v) is 9.89. The standard InChI is InChI=1S/C26H44N4O5S/c1-20-16-24(34-6)17-21(2)26(20)36(32,33)28(4)14-15-35-19-25(31)29(5)22-8-7-9-23(18-22)30-12-10-27(3)11-13-30/h16-17,22-23H,7-15,18-19H2,1-6H3/t22-,23-/m1/s1. The van der Waals surface area contributed by atoms with Gasteiger partial charge in [-0.3, -0.25) is 9.69 Å². The minimum Gasteiger partial charge on any atom is -0.497 e. The first kappa shape index (κ1) is 28.8. The van der Waals surface area contributed by atoms with Gasteiger partial charge in [0.1, 0.15) is 12.4 Å². The molecule has 9 nitrogen and oxygen atoms in total. The van der Waals surface area contributed by atoms with Gasteiger partial charge in [-0.1, -0.05) is 0 Å². The van der Waals surface area contributed by atoms with E-state index in [1.165, 1.54) is 17.8 Å². The van der Waals surface area contributed by atoms with Crippen LogP contribution in [0.4, 0.5) is 0 Å². The number of benzene rings is 1. The molecule has 36 heavy (non-hydrogen) atoms. The first-order chi connectivity index (χ1) is 17.0. The Labute approximate surface area is 217 Å². The van der Waals surface area contributed by atoms with Crippen LogP contribution in [0.2, 0.25) is 0 Å². The summed E-state index contributed by atoms with van der Waals surface area (Å²) in [6.07, 6.45) is 4.36. The molecule has 1 saturated heterocycles. The van der Waals surface area contributed by atoms with Crippen LogP contribution < -0.4 is 4.74 Å². The summed E-state index contributed by atoms with van der Waals surface area (Å²) in [7, 11) is 3.45. The van der Waals surface area contributed by atoms with Crippen molar-refractivity contribution in [2.45, 2.75) is 56.5 Å². The van der Waals surface area contributed by atoms with E-state index in [0.717, 1.165) is 45.4 Å². The molecule has 3 rings (SSSR count). The largest absolute Gasteiger partial charge is 0.497 e. The number of piperazine rings is 1. The van der Waals surface area contributed by atoms with Crippen LogP contribution in [0, 0.1) is 13.8 Å². The zero-order valence-electron chi connectivity index (χ0n) is 22.8. The van der Waals surface area contributed by atoms with Gasteiger partial charge in [0, 0.05) is 58.9 Å². The number of nitrogens with zero attached hydrogens (tertiary/aromatic N) is 4. The minimum atomic E-state index is -3.69. The van der Waals surface area contributed by atoms with Crippen molar-refractivity contribution in [3.05, 3.63) is 23.3 Å². The van der Waals surface area contributed by atoms with Crippen molar-refractivity contribution >= 4 is 15.9 Å².